The summed E-state index contributed by atoms with van der Waals surface area (Å²) < 4.78 is 6.32. The van der Waals surface area contributed by atoms with E-state index in [0.717, 1.165) is 45.7 Å². The Kier molecular flexibility index (Phi) is 2.90. The maximum Gasteiger partial charge on any atom is 0.135 e. The Hall–Kier alpha value is -2.16. The minimum Gasteiger partial charge on any atom is -0.507 e. The van der Waals surface area contributed by atoms with Crippen molar-refractivity contribution in [2.24, 2.45) is 0 Å². The molecule has 3 heteroatoms. The van der Waals surface area contributed by atoms with E-state index in [1.54, 1.807) is 0 Å². The molecule has 110 valence electrons. The van der Waals surface area contributed by atoms with Crippen LogP contribution in [0, 0.1) is 20.8 Å². The highest BCUT2D eigenvalue weighted by Gasteiger charge is 2.39. The number of phenols is 1. The number of nitrogens with two attached hydrogens (primary N) is 1. The summed E-state index contributed by atoms with van der Waals surface area (Å²) in [5.41, 5.74) is 11.2. The molecule has 21 heavy (non-hydrogen) atoms. The van der Waals surface area contributed by atoms with Crippen LogP contribution in [0.15, 0.2) is 24.3 Å². The van der Waals surface area contributed by atoms with E-state index >= 15 is 0 Å². The molecule has 0 bridgehead atoms. The fourth-order valence-corrected chi connectivity index (χ4v) is 3.12. The van der Waals surface area contributed by atoms with Crippen molar-refractivity contribution in [3.05, 3.63) is 52.1 Å². The SMILES string of the molecule is Cc1c(C)c2c(c(C)c1O)CC(C)(c1ccc(N)cc1)O2. The maximum absolute atomic E-state index is 10.3. The first-order valence-corrected chi connectivity index (χ1v) is 7.20. The topological polar surface area (TPSA) is 55.5 Å². The lowest BCUT2D eigenvalue weighted by Crippen LogP contribution is -2.27. The number of hydrogen-bond donors (Lipinski definition) is 2. The Bertz CT molecular complexity index is 680. The number of ether oxygens (including phenoxy) is 1. The number of phenolic OH excluding ortho intramolecular Hbond substituents is 1. The summed E-state index contributed by atoms with van der Waals surface area (Å²) in [5, 5.41) is 10.3. The number of anilines is 1. The van der Waals surface area contributed by atoms with Crippen LogP contribution in [0.25, 0.3) is 0 Å². The summed E-state index contributed by atoms with van der Waals surface area (Å²) in [4.78, 5) is 0. The Labute approximate surface area is 125 Å². The van der Waals surface area contributed by atoms with Gasteiger partial charge in [-0.25, -0.2) is 0 Å². The van der Waals surface area contributed by atoms with Crippen molar-refractivity contribution in [1.82, 2.24) is 0 Å². The molecule has 1 unspecified atom stereocenters. The van der Waals surface area contributed by atoms with Crippen molar-refractivity contribution in [3.8, 4) is 11.5 Å². The predicted octanol–water partition coefficient (Wildman–Crippen LogP) is 3.75. The van der Waals surface area contributed by atoms with Crippen LogP contribution >= 0.6 is 0 Å². The summed E-state index contributed by atoms with van der Waals surface area (Å²) in [6.07, 6.45) is 0.757. The van der Waals surface area contributed by atoms with Gasteiger partial charge < -0.3 is 15.6 Å². The van der Waals surface area contributed by atoms with Crippen LogP contribution in [-0.2, 0) is 12.0 Å². The average Bonchev–Trinajstić information content (AvgIpc) is 2.83. The molecule has 0 spiro atoms. The lowest BCUT2D eigenvalue weighted by molar-refractivity contribution is 0.115. The number of aromatic hydroxyl groups is 1. The lowest BCUT2D eigenvalue weighted by atomic mass is 9.88. The predicted molar refractivity (Wildman–Crippen MR) is 84.9 cm³/mol. The van der Waals surface area contributed by atoms with Gasteiger partial charge in [0.2, 0.25) is 0 Å². The zero-order valence-corrected chi connectivity index (χ0v) is 12.9. The van der Waals surface area contributed by atoms with E-state index in [-0.39, 0.29) is 0 Å². The second-order valence-electron chi connectivity index (χ2n) is 6.16. The molecule has 0 saturated carbocycles. The zero-order valence-electron chi connectivity index (χ0n) is 12.9. The van der Waals surface area contributed by atoms with Crippen molar-refractivity contribution in [3.63, 3.8) is 0 Å². The second-order valence-corrected chi connectivity index (χ2v) is 6.16. The molecule has 0 aliphatic carbocycles. The van der Waals surface area contributed by atoms with Gasteiger partial charge in [0.25, 0.3) is 0 Å². The first kappa shape index (κ1) is 13.8. The van der Waals surface area contributed by atoms with Gasteiger partial charge >= 0.3 is 0 Å². The number of benzene rings is 2. The Balaban J connectivity index is 2.11. The average molecular weight is 283 g/mol. The molecule has 1 heterocycles. The number of nitrogen functional groups attached to an aromatic ring is 1. The zero-order chi connectivity index (χ0) is 15.4. The molecule has 0 fully saturated rings. The summed E-state index contributed by atoms with van der Waals surface area (Å²) in [6.45, 7) is 7.98. The monoisotopic (exact) mass is 283 g/mol. The fourth-order valence-electron chi connectivity index (χ4n) is 3.12. The van der Waals surface area contributed by atoms with Crippen molar-refractivity contribution in [1.29, 1.82) is 0 Å². The highest BCUT2D eigenvalue weighted by molar-refractivity contribution is 5.60. The molecule has 2 aromatic carbocycles. The quantitative estimate of drug-likeness (QED) is 0.784. The van der Waals surface area contributed by atoms with Crippen LogP contribution in [0.2, 0.25) is 0 Å². The minimum atomic E-state index is -0.411. The van der Waals surface area contributed by atoms with Crippen LogP contribution in [0.4, 0.5) is 5.69 Å². The first-order valence-electron chi connectivity index (χ1n) is 7.20. The van der Waals surface area contributed by atoms with Gasteiger partial charge in [0.1, 0.15) is 17.1 Å². The smallest absolute Gasteiger partial charge is 0.135 e. The third-order valence-corrected chi connectivity index (χ3v) is 4.70. The molecule has 1 aliphatic heterocycles. The van der Waals surface area contributed by atoms with E-state index in [2.05, 4.69) is 6.92 Å². The van der Waals surface area contributed by atoms with E-state index in [1.165, 1.54) is 0 Å². The normalized spacial score (nSPS) is 20.2. The van der Waals surface area contributed by atoms with Crippen LogP contribution in [0.1, 0.15) is 34.7 Å². The molecule has 3 nitrogen and oxygen atoms in total. The highest BCUT2D eigenvalue weighted by Crippen LogP contribution is 2.48. The third-order valence-electron chi connectivity index (χ3n) is 4.70. The molecule has 0 radical (unpaired) electrons. The van der Waals surface area contributed by atoms with E-state index in [4.69, 9.17) is 10.5 Å². The van der Waals surface area contributed by atoms with Gasteiger partial charge in [-0.15, -0.1) is 0 Å². The lowest BCUT2D eigenvalue weighted by Gasteiger charge is -2.25. The Morgan fingerprint density at radius 3 is 2.29 bits per heavy atom. The van der Waals surface area contributed by atoms with E-state index < -0.39 is 5.60 Å². The molecular weight excluding hydrogens is 262 g/mol. The Morgan fingerprint density at radius 1 is 1.05 bits per heavy atom. The van der Waals surface area contributed by atoms with E-state index in [0.29, 0.717) is 5.75 Å². The second kappa shape index (κ2) is 4.42. The summed E-state index contributed by atoms with van der Waals surface area (Å²) >= 11 is 0. The molecule has 0 aromatic heterocycles. The molecule has 3 rings (SSSR count). The number of rotatable bonds is 1. The number of fused-ring (bicyclic) bond motifs is 1. The van der Waals surface area contributed by atoms with Crippen molar-refractivity contribution in [2.45, 2.75) is 39.7 Å². The molecule has 0 amide bonds. The molecule has 2 aromatic rings. The molecule has 1 aliphatic rings. The van der Waals surface area contributed by atoms with Crippen LogP contribution in [-0.4, -0.2) is 5.11 Å². The van der Waals surface area contributed by atoms with Gasteiger partial charge in [-0.2, -0.15) is 0 Å². The van der Waals surface area contributed by atoms with Crippen LogP contribution in [0.5, 0.6) is 11.5 Å². The van der Waals surface area contributed by atoms with Gasteiger partial charge in [0, 0.05) is 17.7 Å². The maximum atomic E-state index is 10.3. The van der Waals surface area contributed by atoms with Crippen LogP contribution in [0.3, 0.4) is 0 Å². The molecule has 1 atom stereocenters. The summed E-state index contributed by atoms with van der Waals surface area (Å²) in [7, 11) is 0. The van der Waals surface area contributed by atoms with Crippen LogP contribution < -0.4 is 10.5 Å². The van der Waals surface area contributed by atoms with Gasteiger partial charge in [-0.3, -0.25) is 0 Å². The summed E-state index contributed by atoms with van der Waals surface area (Å²) in [5.74, 6) is 1.30. The first-order chi connectivity index (χ1) is 9.83. The van der Waals surface area contributed by atoms with Gasteiger partial charge in [0.05, 0.1) is 0 Å². The molecule has 3 N–H and O–H groups in total. The van der Waals surface area contributed by atoms with E-state index in [9.17, 15) is 5.11 Å². The standard InChI is InChI=1S/C18H21NO2/c1-10-11(2)17-15(12(3)16(10)20)9-18(4,21-17)13-5-7-14(19)8-6-13/h5-8,20H,9,19H2,1-4H3. The van der Waals surface area contributed by atoms with Gasteiger partial charge in [0.15, 0.2) is 0 Å². The fraction of sp³-hybridized carbons (Fsp3) is 0.333. The molecular formula is C18H21NO2. The Morgan fingerprint density at radius 2 is 1.67 bits per heavy atom. The third kappa shape index (κ3) is 1.96. The van der Waals surface area contributed by atoms with Gasteiger partial charge in [-0.1, -0.05) is 12.1 Å². The summed E-state index contributed by atoms with van der Waals surface area (Å²) in [6, 6.07) is 7.82. The minimum absolute atomic E-state index is 0.386. The highest BCUT2D eigenvalue weighted by atomic mass is 16.5. The van der Waals surface area contributed by atoms with Crippen molar-refractivity contribution in [2.75, 3.05) is 5.73 Å². The van der Waals surface area contributed by atoms with E-state index in [1.807, 2.05) is 45.0 Å². The van der Waals surface area contributed by atoms with Crippen molar-refractivity contribution >= 4 is 5.69 Å². The molecule has 0 saturated heterocycles. The van der Waals surface area contributed by atoms with Crippen molar-refractivity contribution < 1.29 is 9.84 Å². The largest absolute Gasteiger partial charge is 0.507 e. The van der Waals surface area contributed by atoms with Gasteiger partial charge in [-0.05, 0) is 62.1 Å². The number of hydrogen-bond acceptors (Lipinski definition) is 3.